The Kier molecular flexibility index (Phi) is 5.27. The van der Waals surface area contributed by atoms with E-state index >= 15 is 0 Å². The van der Waals surface area contributed by atoms with Gasteiger partial charge < -0.3 is 19.6 Å². The summed E-state index contributed by atoms with van der Waals surface area (Å²) in [7, 11) is 0. The van der Waals surface area contributed by atoms with E-state index in [-0.39, 0.29) is 6.61 Å². The SMILES string of the molecule is CCN(CCO)c1nc(NN)nc(N2CCOCC2)n1. The number of likely N-dealkylation sites (N-methyl/N-ethyl adjacent to an activating group) is 1. The first-order chi connectivity index (χ1) is 9.78. The minimum Gasteiger partial charge on any atom is -0.395 e. The van der Waals surface area contributed by atoms with Gasteiger partial charge in [0.2, 0.25) is 17.8 Å². The van der Waals surface area contributed by atoms with Gasteiger partial charge in [-0.05, 0) is 6.92 Å². The van der Waals surface area contributed by atoms with Gasteiger partial charge in [-0.1, -0.05) is 0 Å². The van der Waals surface area contributed by atoms with Crippen molar-refractivity contribution in [1.29, 1.82) is 0 Å². The molecule has 2 heterocycles. The molecule has 9 heteroatoms. The number of aromatic nitrogens is 3. The summed E-state index contributed by atoms with van der Waals surface area (Å²) < 4.78 is 5.32. The highest BCUT2D eigenvalue weighted by atomic mass is 16.5. The molecule has 0 unspecified atom stereocenters. The van der Waals surface area contributed by atoms with Crippen LogP contribution < -0.4 is 21.1 Å². The number of rotatable bonds is 6. The second-order valence-electron chi connectivity index (χ2n) is 4.31. The molecule has 0 amide bonds. The summed E-state index contributed by atoms with van der Waals surface area (Å²) in [6, 6.07) is 0. The van der Waals surface area contributed by atoms with E-state index < -0.39 is 0 Å². The van der Waals surface area contributed by atoms with Gasteiger partial charge in [0.15, 0.2) is 0 Å². The van der Waals surface area contributed by atoms with Crippen LogP contribution in [-0.4, -0.2) is 66.1 Å². The number of nitrogens with zero attached hydrogens (tertiary/aromatic N) is 5. The van der Waals surface area contributed by atoms with Crippen LogP contribution in [0.2, 0.25) is 0 Å². The smallest absolute Gasteiger partial charge is 0.243 e. The molecule has 0 saturated carbocycles. The fourth-order valence-electron chi connectivity index (χ4n) is 1.98. The van der Waals surface area contributed by atoms with Crippen molar-refractivity contribution in [2.24, 2.45) is 5.84 Å². The normalized spacial score (nSPS) is 15.2. The van der Waals surface area contributed by atoms with E-state index in [0.717, 1.165) is 13.1 Å². The maximum Gasteiger partial charge on any atom is 0.243 e. The molecule has 2 rings (SSSR count). The second-order valence-corrected chi connectivity index (χ2v) is 4.31. The lowest BCUT2D eigenvalue weighted by atomic mass is 10.4. The van der Waals surface area contributed by atoms with Gasteiger partial charge in [-0.25, -0.2) is 5.84 Å². The highest BCUT2D eigenvalue weighted by molar-refractivity contribution is 5.45. The second kappa shape index (κ2) is 7.17. The first-order valence-electron chi connectivity index (χ1n) is 6.69. The molecule has 0 atom stereocenters. The predicted molar refractivity (Wildman–Crippen MR) is 75.6 cm³/mol. The molecule has 1 aromatic heterocycles. The number of ether oxygens (including phenoxy) is 1. The van der Waals surface area contributed by atoms with E-state index in [9.17, 15) is 0 Å². The van der Waals surface area contributed by atoms with Crippen LogP contribution in [0.5, 0.6) is 0 Å². The van der Waals surface area contributed by atoms with E-state index in [1.165, 1.54) is 0 Å². The molecule has 1 aliphatic rings. The third kappa shape index (κ3) is 3.44. The molecule has 0 radical (unpaired) electrons. The average Bonchev–Trinajstić information content (AvgIpc) is 2.53. The highest BCUT2D eigenvalue weighted by Crippen LogP contribution is 2.17. The Balaban J connectivity index is 2.27. The molecular weight excluding hydrogens is 262 g/mol. The van der Waals surface area contributed by atoms with Crippen LogP contribution >= 0.6 is 0 Å². The number of hydrogen-bond donors (Lipinski definition) is 3. The molecule has 1 aliphatic heterocycles. The number of anilines is 3. The van der Waals surface area contributed by atoms with E-state index in [1.807, 2.05) is 16.7 Å². The summed E-state index contributed by atoms with van der Waals surface area (Å²) in [5.74, 6) is 6.81. The average molecular weight is 283 g/mol. The zero-order chi connectivity index (χ0) is 14.4. The molecule has 0 spiro atoms. The number of nitrogens with two attached hydrogens (primary N) is 1. The monoisotopic (exact) mass is 283 g/mol. The Morgan fingerprint density at radius 1 is 1.35 bits per heavy atom. The molecule has 1 fully saturated rings. The molecule has 1 saturated heterocycles. The van der Waals surface area contributed by atoms with Gasteiger partial charge in [-0.2, -0.15) is 15.0 Å². The predicted octanol–water partition coefficient (Wildman–Crippen LogP) is -1.19. The molecule has 4 N–H and O–H groups in total. The van der Waals surface area contributed by atoms with Crippen LogP contribution in [0, 0.1) is 0 Å². The van der Waals surface area contributed by atoms with Gasteiger partial charge in [0.25, 0.3) is 0 Å². The van der Waals surface area contributed by atoms with Gasteiger partial charge in [0.1, 0.15) is 0 Å². The van der Waals surface area contributed by atoms with Gasteiger partial charge in [-0.3, -0.25) is 5.43 Å². The number of aliphatic hydroxyl groups is 1. The summed E-state index contributed by atoms with van der Waals surface area (Å²) in [5.41, 5.74) is 2.46. The van der Waals surface area contributed by atoms with Gasteiger partial charge >= 0.3 is 0 Å². The first-order valence-corrected chi connectivity index (χ1v) is 6.69. The number of morpholine rings is 1. The summed E-state index contributed by atoms with van der Waals surface area (Å²) in [5, 5.41) is 9.09. The number of aliphatic hydroxyl groups excluding tert-OH is 1. The minimum atomic E-state index is 0.0395. The van der Waals surface area contributed by atoms with Crippen molar-refractivity contribution in [2.45, 2.75) is 6.92 Å². The van der Waals surface area contributed by atoms with Crippen molar-refractivity contribution in [2.75, 3.05) is 61.2 Å². The Hall–Kier alpha value is -1.71. The summed E-state index contributed by atoms with van der Waals surface area (Å²) in [4.78, 5) is 16.9. The fourth-order valence-corrected chi connectivity index (χ4v) is 1.98. The van der Waals surface area contributed by atoms with E-state index in [1.54, 1.807) is 0 Å². The van der Waals surface area contributed by atoms with Crippen LogP contribution in [0.1, 0.15) is 6.92 Å². The maximum absolute atomic E-state index is 9.09. The van der Waals surface area contributed by atoms with Crippen LogP contribution in [0.4, 0.5) is 17.8 Å². The number of nitrogens with one attached hydrogen (secondary N) is 1. The summed E-state index contributed by atoms with van der Waals surface area (Å²) in [6.45, 7) is 5.95. The third-order valence-corrected chi connectivity index (χ3v) is 3.07. The minimum absolute atomic E-state index is 0.0395. The van der Waals surface area contributed by atoms with E-state index in [2.05, 4.69) is 20.4 Å². The van der Waals surface area contributed by atoms with Crippen molar-refractivity contribution in [3.05, 3.63) is 0 Å². The zero-order valence-electron chi connectivity index (χ0n) is 11.6. The topological polar surface area (TPSA) is 113 Å². The Bertz CT molecular complexity index is 402. The quantitative estimate of drug-likeness (QED) is 0.438. The summed E-state index contributed by atoms with van der Waals surface area (Å²) in [6.07, 6.45) is 0. The van der Waals surface area contributed by atoms with Crippen molar-refractivity contribution in [3.8, 4) is 0 Å². The van der Waals surface area contributed by atoms with E-state index in [0.29, 0.717) is 44.1 Å². The van der Waals surface area contributed by atoms with Crippen LogP contribution in [0.3, 0.4) is 0 Å². The third-order valence-electron chi connectivity index (χ3n) is 3.07. The molecule has 112 valence electrons. The van der Waals surface area contributed by atoms with Crippen LogP contribution in [0.15, 0.2) is 0 Å². The molecule has 1 aromatic rings. The standard InChI is InChI=1S/C11H21N7O2/c1-2-17(3-6-19)10-13-9(16-12)14-11(15-10)18-4-7-20-8-5-18/h19H,2-8,12H2,1H3,(H,13,14,15,16). The van der Waals surface area contributed by atoms with Crippen LogP contribution in [-0.2, 0) is 4.74 Å². The van der Waals surface area contributed by atoms with Gasteiger partial charge in [-0.15, -0.1) is 0 Å². The number of hydrazine groups is 1. The van der Waals surface area contributed by atoms with Crippen molar-refractivity contribution >= 4 is 17.8 Å². The van der Waals surface area contributed by atoms with Crippen molar-refractivity contribution in [3.63, 3.8) is 0 Å². The molecule has 20 heavy (non-hydrogen) atoms. The maximum atomic E-state index is 9.09. The lowest BCUT2D eigenvalue weighted by Crippen LogP contribution is -2.38. The Morgan fingerprint density at radius 2 is 2.10 bits per heavy atom. The molecular formula is C11H21N7O2. The van der Waals surface area contributed by atoms with Gasteiger partial charge in [0.05, 0.1) is 19.8 Å². The summed E-state index contributed by atoms with van der Waals surface area (Å²) >= 11 is 0. The highest BCUT2D eigenvalue weighted by Gasteiger charge is 2.18. The van der Waals surface area contributed by atoms with Crippen molar-refractivity contribution < 1.29 is 9.84 Å². The molecule has 0 aliphatic carbocycles. The molecule has 9 nitrogen and oxygen atoms in total. The Labute approximate surface area is 117 Å². The Morgan fingerprint density at radius 3 is 2.70 bits per heavy atom. The molecule has 0 bridgehead atoms. The lowest BCUT2D eigenvalue weighted by molar-refractivity contribution is 0.122. The number of nitrogen functional groups attached to an aromatic ring is 1. The lowest BCUT2D eigenvalue weighted by Gasteiger charge is -2.28. The van der Waals surface area contributed by atoms with Crippen molar-refractivity contribution in [1.82, 2.24) is 15.0 Å². The fraction of sp³-hybridized carbons (Fsp3) is 0.727. The van der Waals surface area contributed by atoms with Crippen LogP contribution in [0.25, 0.3) is 0 Å². The molecule has 0 aromatic carbocycles. The number of hydrogen-bond acceptors (Lipinski definition) is 9. The van der Waals surface area contributed by atoms with Gasteiger partial charge in [0, 0.05) is 26.2 Å². The zero-order valence-corrected chi connectivity index (χ0v) is 11.6. The first kappa shape index (κ1) is 14.7. The van der Waals surface area contributed by atoms with E-state index in [4.69, 9.17) is 15.7 Å². The largest absolute Gasteiger partial charge is 0.395 e.